The quantitative estimate of drug-likeness (QED) is 0.827. The minimum Gasteiger partial charge on any atom is -0.387 e. The molecular weight excluding hydrogens is 224 g/mol. The van der Waals surface area contributed by atoms with Crippen LogP contribution in [0.5, 0.6) is 0 Å². The van der Waals surface area contributed by atoms with Crippen LogP contribution < -0.4 is 4.90 Å². The highest BCUT2D eigenvalue weighted by atomic mass is 32.2. The Kier molecular flexibility index (Phi) is 3.56. The van der Waals surface area contributed by atoms with Crippen LogP contribution in [0.4, 0.5) is 5.69 Å². The van der Waals surface area contributed by atoms with E-state index in [0.29, 0.717) is 5.69 Å². The number of aromatic nitrogens is 1. The van der Waals surface area contributed by atoms with E-state index in [0.717, 1.165) is 30.3 Å². The van der Waals surface area contributed by atoms with Crippen molar-refractivity contribution in [1.82, 2.24) is 4.98 Å². The highest BCUT2D eigenvalue weighted by Gasteiger charge is 2.15. The summed E-state index contributed by atoms with van der Waals surface area (Å²) >= 11 is 0. The number of aliphatic hydroxyl groups is 1. The molecule has 1 N–H and O–H groups in total. The zero-order chi connectivity index (χ0) is 11.5. The molecular formula is C11H16N2O2S. The average molecular weight is 240 g/mol. The highest BCUT2D eigenvalue weighted by molar-refractivity contribution is 7.85. The second-order valence-electron chi connectivity index (χ2n) is 3.95. The van der Waals surface area contributed by atoms with Crippen molar-refractivity contribution >= 4 is 16.5 Å². The molecule has 1 aromatic heterocycles. The number of hydrogen-bond acceptors (Lipinski definition) is 4. The van der Waals surface area contributed by atoms with E-state index in [4.69, 9.17) is 0 Å². The van der Waals surface area contributed by atoms with Crippen molar-refractivity contribution in [3.63, 3.8) is 0 Å². The molecule has 1 atom stereocenters. The van der Waals surface area contributed by atoms with Crippen molar-refractivity contribution in [3.8, 4) is 0 Å². The molecule has 16 heavy (non-hydrogen) atoms. The predicted octanol–water partition coefficient (Wildman–Crippen LogP) is 0.704. The van der Waals surface area contributed by atoms with Gasteiger partial charge in [-0.15, -0.1) is 0 Å². The number of pyridine rings is 1. The fourth-order valence-corrected chi connectivity index (χ4v) is 2.78. The second kappa shape index (κ2) is 4.93. The summed E-state index contributed by atoms with van der Waals surface area (Å²) in [6, 6.07) is 3.80. The summed E-state index contributed by atoms with van der Waals surface area (Å²) in [4.78, 5) is 6.39. The third kappa shape index (κ3) is 2.59. The summed E-state index contributed by atoms with van der Waals surface area (Å²) in [6.45, 7) is 3.34. The minimum absolute atomic E-state index is 0.525. The lowest BCUT2D eigenvalue weighted by atomic mass is 10.2. The molecule has 1 aromatic rings. The molecule has 1 aliphatic rings. The summed E-state index contributed by atoms with van der Waals surface area (Å²) in [5.41, 5.74) is 1.73. The van der Waals surface area contributed by atoms with Gasteiger partial charge in [-0.1, -0.05) is 0 Å². The lowest BCUT2D eigenvalue weighted by molar-refractivity contribution is 0.194. The average Bonchev–Trinajstić information content (AvgIpc) is 2.30. The Balaban J connectivity index is 2.07. The first-order valence-electron chi connectivity index (χ1n) is 5.41. The molecule has 2 rings (SSSR count). The first-order valence-corrected chi connectivity index (χ1v) is 6.89. The molecule has 0 aromatic carbocycles. The summed E-state index contributed by atoms with van der Waals surface area (Å²) in [6.07, 6.45) is 1.25. The number of rotatable bonds is 2. The minimum atomic E-state index is -0.648. The monoisotopic (exact) mass is 240 g/mol. The Labute approximate surface area is 97.8 Å². The van der Waals surface area contributed by atoms with Crippen LogP contribution in [0.1, 0.15) is 18.7 Å². The number of hydrogen-bond donors (Lipinski definition) is 1. The molecule has 0 bridgehead atoms. The fourth-order valence-electron chi connectivity index (χ4n) is 1.73. The lowest BCUT2D eigenvalue weighted by Gasteiger charge is -2.28. The zero-order valence-electron chi connectivity index (χ0n) is 9.30. The van der Waals surface area contributed by atoms with Gasteiger partial charge in [0.05, 0.1) is 23.7 Å². The van der Waals surface area contributed by atoms with Gasteiger partial charge in [-0.25, -0.2) is 0 Å². The van der Waals surface area contributed by atoms with Gasteiger partial charge in [0.1, 0.15) is 0 Å². The van der Waals surface area contributed by atoms with Crippen LogP contribution >= 0.6 is 0 Å². The van der Waals surface area contributed by atoms with E-state index in [1.54, 1.807) is 13.1 Å². The molecule has 1 unspecified atom stereocenters. The van der Waals surface area contributed by atoms with Gasteiger partial charge in [-0.2, -0.15) is 0 Å². The van der Waals surface area contributed by atoms with Crippen LogP contribution in [-0.2, 0) is 10.8 Å². The van der Waals surface area contributed by atoms with E-state index >= 15 is 0 Å². The van der Waals surface area contributed by atoms with Gasteiger partial charge in [0.25, 0.3) is 0 Å². The van der Waals surface area contributed by atoms with Gasteiger partial charge in [0, 0.05) is 35.4 Å². The molecule has 0 amide bonds. The maximum atomic E-state index is 11.2. The van der Waals surface area contributed by atoms with E-state index in [1.165, 1.54) is 0 Å². The van der Waals surface area contributed by atoms with E-state index in [-0.39, 0.29) is 0 Å². The summed E-state index contributed by atoms with van der Waals surface area (Å²) in [5, 5.41) is 9.34. The van der Waals surface area contributed by atoms with Gasteiger partial charge in [0.15, 0.2) is 0 Å². The molecule has 0 radical (unpaired) electrons. The van der Waals surface area contributed by atoms with E-state index < -0.39 is 16.9 Å². The molecule has 1 fully saturated rings. The van der Waals surface area contributed by atoms with Crippen LogP contribution in [-0.4, -0.2) is 38.9 Å². The van der Waals surface area contributed by atoms with Crippen LogP contribution in [0.3, 0.4) is 0 Å². The number of nitrogens with zero attached hydrogens (tertiary/aromatic N) is 2. The van der Waals surface area contributed by atoms with Gasteiger partial charge in [-0.05, 0) is 19.1 Å². The second-order valence-corrected chi connectivity index (χ2v) is 5.65. The lowest BCUT2D eigenvalue weighted by Crippen LogP contribution is -2.37. The standard InChI is InChI=1S/C11H16N2O2S/c1-9(14)11-3-2-10(8-12-11)13-4-6-16(15)7-5-13/h2-3,8-9,14H,4-7H2,1H3. The SMILES string of the molecule is CC(O)c1ccc(N2CCS(=O)CC2)cn1. The maximum absolute atomic E-state index is 11.2. The van der Waals surface area contributed by atoms with E-state index in [2.05, 4.69) is 9.88 Å². The van der Waals surface area contributed by atoms with Crippen molar-refractivity contribution in [2.75, 3.05) is 29.5 Å². The van der Waals surface area contributed by atoms with E-state index in [9.17, 15) is 9.32 Å². The van der Waals surface area contributed by atoms with Crippen LogP contribution in [0.2, 0.25) is 0 Å². The topological polar surface area (TPSA) is 53.4 Å². The molecule has 88 valence electrons. The zero-order valence-corrected chi connectivity index (χ0v) is 10.1. The van der Waals surface area contributed by atoms with Crippen molar-refractivity contribution in [3.05, 3.63) is 24.0 Å². The summed E-state index contributed by atoms with van der Waals surface area (Å²) in [5.74, 6) is 1.47. The van der Waals surface area contributed by atoms with Crippen LogP contribution in [0.15, 0.2) is 18.3 Å². The predicted molar refractivity (Wildman–Crippen MR) is 65.0 cm³/mol. The number of anilines is 1. The Morgan fingerprint density at radius 3 is 2.62 bits per heavy atom. The first kappa shape index (κ1) is 11.5. The third-order valence-electron chi connectivity index (χ3n) is 2.74. The molecule has 4 nitrogen and oxygen atoms in total. The van der Waals surface area contributed by atoms with Gasteiger partial charge in [0.2, 0.25) is 0 Å². The van der Waals surface area contributed by atoms with Crippen molar-refractivity contribution < 1.29 is 9.32 Å². The largest absolute Gasteiger partial charge is 0.387 e. The summed E-state index contributed by atoms with van der Waals surface area (Å²) < 4.78 is 11.2. The van der Waals surface area contributed by atoms with Crippen LogP contribution in [0.25, 0.3) is 0 Å². The van der Waals surface area contributed by atoms with Crippen molar-refractivity contribution in [1.29, 1.82) is 0 Å². The summed E-state index contributed by atoms with van der Waals surface area (Å²) in [7, 11) is -0.648. The van der Waals surface area contributed by atoms with Gasteiger partial charge >= 0.3 is 0 Å². The first-order chi connectivity index (χ1) is 7.66. The molecule has 5 heteroatoms. The van der Waals surface area contributed by atoms with Gasteiger partial charge in [-0.3, -0.25) is 9.19 Å². The van der Waals surface area contributed by atoms with Crippen molar-refractivity contribution in [2.24, 2.45) is 0 Å². The molecule has 0 saturated carbocycles. The van der Waals surface area contributed by atoms with Crippen molar-refractivity contribution in [2.45, 2.75) is 13.0 Å². The molecule has 1 aliphatic heterocycles. The molecule has 0 spiro atoms. The molecule has 2 heterocycles. The van der Waals surface area contributed by atoms with E-state index in [1.807, 2.05) is 12.1 Å². The third-order valence-corrected chi connectivity index (χ3v) is 4.02. The Morgan fingerprint density at radius 2 is 2.12 bits per heavy atom. The number of aliphatic hydroxyl groups excluding tert-OH is 1. The van der Waals surface area contributed by atoms with Crippen LogP contribution in [0, 0.1) is 0 Å². The smallest absolute Gasteiger partial charge is 0.0931 e. The fraction of sp³-hybridized carbons (Fsp3) is 0.545. The molecule has 0 aliphatic carbocycles. The Hall–Kier alpha value is -0.940. The normalized spacial score (nSPS) is 19.8. The van der Waals surface area contributed by atoms with Gasteiger partial charge < -0.3 is 10.0 Å². The maximum Gasteiger partial charge on any atom is 0.0931 e. The molecule has 1 saturated heterocycles. The Morgan fingerprint density at radius 1 is 1.44 bits per heavy atom. The highest BCUT2D eigenvalue weighted by Crippen LogP contribution is 2.17. The Bertz CT molecular complexity index is 368.